The van der Waals surface area contributed by atoms with E-state index in [1.54, 1.807) is 0 Å². The molecule has 1 aromatic carbocycles. The average molecular weight is 244 g/mol. The molecule has 0 bridgehead atoms. The number of hydrogen-bond donors (Lipinski definition) is 2. The smallest absolute Gasteiger partial charge is 0.227 e. The van der Waals surface area contributed by atoms with Crippen LogP contribution in [-0.4, -0.2) is 11.9 Å². The maximum absolute atomic E-state index is 12.1. The molecule has 18 heavy (non-hydrogen) atoms. The van der Waals surface area contributed by atoms with Gasteiger partial charge < -0.3 is 11.1 Å². The fourth-order valence-corrected chi connectivity index (χ4v) is 3.15. The predicted octanol–water partition coefficient (Wildman–Crippen LogP) is 2.24. The lowest BCUT2D eigenvalue weighted by atomic mass is 10.1. The molecular weight excluding hydrogens is 224 g/mol. The fraction of sp³-hybridized carbons (Fsp3) is 0.533. The standard InChI is InChI=1S/C15H20N2O/c16-13-6-4-12(8-13)15(18)17-14-7-5-10-2-1-3-11(10)9-14/h5,7,9,12-13H,1-4,6,8,16H2,(H,17,18). The number of carbonyl (C=O) groups is 1. The Kier molecular flexibility index (Phi) is 3.08. The van der Waals surface area contributed by atoms with E-state index in [1.807, 2.05) is 6.07 Å². The number of nitrogens with one attached hydrogen (secondary N) is 1. The lowest BCUT2D eigenvalue weighted by molar-refractivity contribution is -0.119. The van der Waals surface area contributed by atoms with Crippen LogP contribution in [0.2, 0.25) is 0 Å². The third-order valence-electron chi connectivity index (χ3n) is 4.21. The Morgan fingerprint density at radius 3 is 2.83 bits per heavy atom. The molecule has 0 heterocycles. The molecule has 0 aliphatic heterocycles. The maximum Gasteiger partial charge on any atom is 0.227 e. The van der Waals surface area contributed by atoms with Crippen LogP contribution in [-0.2, 0) is 17.6 Å². The van der Waals surface area contributed by atoms with Crippen molar-refractivity contribution in [3.05, 3.63) is 29.3 Å². The summed E-state index contributed by atoms with van der Waals surface area (Å²) in [6, 6.07) is 6.52. The van der Waals surface area contributed by atoms with Gasteiger partial charge in [-0.25, -0.2) is 0 Å². The Bertz CT molecular complexity index is 470. The molecule has 3 heteroatoms. The van der Waals surface area contributed by atoms with E-state index >= 15 is 0 Å². The summed E-state index contributed by atoms with van der Waals surface area (Å²) < 4.78 is 0. The number of hydrogen-bond acceptors (Lipinski definition) is 2. The first-order chi connectivity index (χ1) is 8.72. The molecular formula is C15H20N2O. The summed E-state index contributed by atoms with van der Waals surface area (Å²) in [4.78, 5) is 12.1. The molecule has 2 aliphatic carbocycles. The lowest BCUT2D eigenvalue weighted by Crippen LogP contribution is -2.23. The quantitative estimate of drug-likeness (QED) is 0.838. The normalized spacial score (nSPS) is 26.1. The van der Waals surface area contributed by atoms with Gasteiger partial charge in [-0.15, -0.1) is 0 Å². The van der Waals surface area contributed by atoms with E-state index < -0.39 is 0 Å². The van der Waals surface area contributed by atoms with Crippen LogP contribution in [0.4, 0.5) is 5.69 Å². The summed E-state index contributed by atoms with van der Waals surface area (Å²) in [6.45, 7) is 0. The lowest BCUT2D eigenvalue weighted by Gasteiger charge is -2.11. The number of amides is 1. The first kappa shape index (κ1) is 11.7. The zero-order chi connectivity index (χ0) is 12.5. The van der Waals surface area contributed by atoms with Crippen molar-refractivity contribution in [3.8, 4) is 0 Å². The van der Waals surface area contributed by atoms with Gasteiger partial charge in [0.25, 0.3) is 0 Å². The topological polar surface area (TPSA) is 55.1 Å². The van der Waals surface area contributed by atoms with Crippen molar-refractivity contribution in [2.24, 2.45) is 11.7 Å². The summed E-state index contributed by atoms with van der Waals surface area (Å²) in [5.41, 5.74) is 9.64. The summed E-state index contributed by atoms with van der Waals surface area (Å²) in [5.74, 6) is 0.245. The second kappa shape index (κ2) is 4.73. The average Bonchev–Trinajstić information content (AvgIpc) is 2.96. The Labute approximate surface area is 108 Å². The molecule has 3 nitrogen and oxygen atoms in total. The van der Waals surface area contributed by atoms with E-state index in [0.717, 1.165) is 31.4 Å². The van der Waals surface area contributed by atoms with Crippen LogP contribution in [0.1, 0.15) is 36.8 Å². The predicted molar refractivity (Wildman–Crippen MR) is 72.4 cm³/mol. The van der Waals surface area contributed by atoms with Crippen LogP contribution < -0.4 is 11.1 Å². The van der Waals surface area contributed by atoms with Crippen LogP contribution in [0.15, 0.2) is 18.2 Å². The Hall–Kier alpha value is -1.35. The molecule has 0 aromatic heterocycles. The van der Waals surface area contributed by atoms with Crippen molar-refractivity contribution >= 4 is 11.6 Å². The van der Waals surface area contributed by atoms with Gasteiger partial charge in [-0.1, -0.05) is 6.07 Å². The van der Waals surface area contributed by atoms with Crippen molar-refractivity contribution < 1.29 is 4.79 Å². The van der Waals surface area contributed by atoms with Gasteiger partial charge in [0.1, 0.15) is 0 Å². The van der Waals surface area contributed by atoms with E-state index in [1.165, 1.54) is 24.0 Å². The first-order valence-electron chi connectivity index (χ1n) is 6.90. The summed E-state index contributed by atoms with van der Waals surface area (Å²) in [5, 5.41) is 3.04. The summed E-state index contributed by atoms with van der Waals surface area (Å²) in [6.07, 6.45) is 6.30. The van der Waals surface area contributed by atoms with Gasteiger partial charge >= 0.3 is 0 Å². The molecule has 96 valence electrons. The van der Waals surface area contributed by atoms with Gasteiger partial charge in [0.05, 0.1) is 0 Å². The highest BCUT2D eigenvalue weighted by Gasteiger charge is 2.27. The van der Waals surface area contributed by atoms with Gasteiger partial charge in [0, 0.05) is 17.6 Å². The number of rotatable bonds is 2. The van der Waals surface area contributed by atoms with Gasteiger partial charge in [-0.3, -0.25) is 4.79 Å². The SMILES string of the molecule is NC1CCC(C(=O)Nc2ccc3c(c2)CCC3)C1. The molecule has 2 unspecified atom stereocenters. The van der Waals surface area contributed by atoms with Crippen LogP contribution in [0.25, 0.3) is 0 Å². The number of carbonyl (C=O) groups excluding carboxylic acids is 1. The van der Waals surface area contributed by atoms with Crippen molar-refractivity contribution in [1.29, 1.82) is 0 Å². The second-order valence-corrected chi connectivity index (χ2v) is 5.60. The van der Waals surface area contributed by atoms with Crippen molar-refractivity contribution in [2.45, 2.75) is 44.6 Å². The fourth-order valence-electron chi connectivity index (χ4n) is 3.15. The monoisotopic (exact) mass is 244 g/mol. The van der Waals surface area contributed by atoms with Crippen molar-refractivity contribution in [1.82, 2.24) is 0 Å². The molecule has 3 N–H and O–H groups in total. The Balaban J connectivity index is 1.67. The molecule has 1 saturated carbocycles. The van der Waals surface area contributed by atoms with Crippen LogP contribution in [0.3, 0.4) is 0 Å². The van der Waals surface area contributed by atoms with E-state index in [9.17, 15) is 4.79 Å². The Morgan fingerprint density at radius 1 is 1.22 bits per heavy atom. The molecule has 1 aromatic rings. The zero-order valence-electron chi connectivity index (χ0n) is 10.6. The summed E-state index contributed by atoms with van der Waals surface area (Å²) in [7, 11) is 0. The highest BCUT2D eigenvalue weighted by molar-refractivity contribution is 5.92. The molecule has 3 rings (SSSR count). The third-order valence-corrected chi connectivity index (χ3v) is 4.21. The van der Waals surface area contributed by atoms with Gasteiger partial charge in [0.15, 0.2) is 0 Å². The van der Waals surface area contributed by atoms with Crippen LogP contribution in [0.5, 0.6) is 0 Å². The maximum atomic E-state index is 12.1. The summed E-state index contributed by atoms with van der Waals surface area (Å²) >= 11 is 0. The van der Waals surface area contributed by atoms with E-state index in [2.05, 4.69) is 17.4 Å². The highest BCUT2D eigenvalue weighted by atomic mass is 16.1. The van der Waals surface area contributed by atoms with Gasteiger partial charge in [-0.2, -0.15) is 0 Å². The minimum absolute atomic E-state index is 0.105. The minimum Gasteiger partial charge on any atom is -0.328 e. The largest absolute Gasteiger partial charge is 0.328 e. The van der Waals surface area contributed by atoms with Crippen molar-refractivity contribution in [2.75, 3.05) is 5.32 Å². The van der Waals surface area contributed by atoms with E-state index in [0.29, 0.717) is 0 Å². The first-order valence-corrected chi connectivity index (χ1v) is 6.90. The highest BCUT2D eigenvalue weighted by Crippen LogP contribution is 2.28. The second-order valence-electron chi connectivity index (χ2n) is 5.60. The number of fused-ring (bicyclic) bond motifs is 1. The third kappa shape index (κ3) is 2.27. The van der Waals surface area contributed by atoms with Crippen molar-refractivity contribution in [3.63, 3.8) is 0 Å². The Morgan fingerprint density at radius 2 is 2.06 bits per heavy atom. The molecule has 1 fully saturated rings. The number of aryl methyl sites for hydroxylation is 2. The van der Waals surface area contributed by atoms with Crippen LogP contribution >= 0.6 is 0 Å². The van der Waals surface area contributed by atoms with E-state index in [-0.39, 0.29) is 17.9 Å². The molecule has 2 aliphatic rings. The minimum atomic E-state index is 0.105. The molecule has 0 radical (unpaired) electrons. The number of benzene rings is 1. The molecule has 2 atom stereocenters. The van der Waals surface area contributed by atoms with Crippen LogP contribution in [0, 0.1) is 5.92 Å². The molecule has 0 saturated heterocycles. The van der Waals surface area contributed by atoms with Gasteiger partial charge in [0.2, 0.25) is 5.91 Å². The van der Waals surface area contributed by atoms with E-state index in [4.69, 9.17) is 5.73 Å². The molecule has 0 spiro atoms. The molecule has 1 amide bonds. The number of anilines is 1. The number of nitrogens with two attached hydrogens (primary N) is 1. The van der Waals surface area contributed by atoms with Gasteiger partial charge in [-0.05, 0) is 61.8 Å². The zero-order valence-corrected chi connectivity index (χ0v) is 10.6.